The summed E-state index contributed by atoms with van der Waals surface area (Å²) in [5, 5.41) is 3.35. The normalized spacial score (nSPS) is 12.2. The average Bonchev–Trinajstić information content (AvgIpc) is 3.07. The molecule has 2 aromatic carbocycles. The van der Waals surface area contributed by atoms with Crippen molar-refractivity contribution in [1.82, 2.24) is 9.55 Å². The molecular formula is C24H22FN3O2S. The first-order valence-corrected chi connectivity index (χ1v) is 10.7. The molecule has 1 unspecified atom stereocenters. The predicted octanol–water partition coefficient (Wildman–Crippen LogP) is 5.39. The van der Waals surface area contributed by atoms with Gasteiger partial charge in [0.25, 0.3) is 5.56 Å². The average molecular weight is 436 g/mol. The van der Waals surface area contributed by atoms with Gasteiger partial charge in [-0.3, -0.25) is 14.2 Å². The standard InChI is InChI=1S/C24H22FN3O2S/c1-13-5-10-19(14(2)11-13)27-22(29)15(3)28-12-26-23-21(24(28)30)20(16(4)31-23)17-6-8-18(25)9-7-17/h5-12,15H,1-4H3,(H,27,29). The number of fused-ring (bicyclic) bond motifs is 1. The number of halogens is 1. The maximum Gasteiger partial charge on any atom is 0.263 e. The van der Waals surface area contributed by atoms with E-state index < -0.39 is 6.04 Å². The van der Waals surface area contributed by atoms with E-state index in [1.807, 2.05) is 39.0 Å². The number of aryl methyl sites for hydroxylation is 3. The van der Waals surface area contributed by atoms with Crippen LogP contribution in [0.15, 0.2) is 53.6 Å². The van der Waals surface area contributed by atoms with Crippen LogP contribution in [0.25, 0.3) is 21.3 Å². The van der Waals surface area contributed by atoms with Crippen molar-refractivity contribution < 1.29 is 9.18 Å². The number of hydrogen-bond acceptors (Lipinski definition) is 4. The van der Waals surface area contributed by atoms with E-state index in [2.05, 4.69) is 10.3 Å². The highest BCUT2D eigenvalue weighted by Gasteiger charge is 2.22. The highest BCUT2D eigenvalue weighted by atomic mass is 32.1. The Morgan fingerprint density at radius 1 is 1.13 bits per heavy atom. The van der Waals surface area contributed by atoms with Gasteiger partial charge in [-0.25, -0.2) is 9.37 Å². The lowest BCUT2D eigenvalue weighted by Crippen LogP contribution is -2.31. The lowest BCUT2D eigenvalue weighted by Gasteiger charge is -2.16. The molecule has 2 heterocycles. The van der Waals surface area contributed by atoms with Crippen LogP contribution in [0.2, 0.25) is 0 Å². The predicted molar refractivity (Wildman–Crippen MR) is 123 cm³/mol. The molecule has 4 rings (SSSR count). The van der Waals surface area contributed by atoms with E-state index in [0.29, 0.717) is 15.9 Å². The van der Waals surface area contributed by atoms with Gasteiger partial charge in [0.2, 0.25) is 5.91 Å². The largest absolute Gasteiger partial charge is 0.324 e. The molecule has 0 spiro atoms. The van der Waals surface area contributed by atoms with Gasteiger partial charge in [-0.15, -0.1) is 11.3 Å². The molecule has 0 radical (unpaired) electrons. The zero-order valence-electron chi connectivity index (χ0n) is 17.7. The van der Waals surface area contributed by atoms with Crippen LogP contribution in [0, 0.1) is 26.6 Å². The summed E-state index contributed by atoms with van der Waals surface area (Å²) >= 11 is 1.41. The van der Waals surface area contributed by atoms with Crippen LogP contribution in [-0.2, 0) is 4.79 Å². The Hall–Kier alpha value is -3.32. The molecule has 0 aliphatic rings. The third kappa shape index (κ3) is 3.88. The number of rotatable bonds is 4. The van der Waals surface area contributed by atoms with E-state index in [-0.39, 0.29) is 17.3 Å². The minimum absolute atomic E-state index is 0.294. The maximum absolute atomic E-state index is 13.4. The molecule has 1 N–H and O–H groups in total. The van der Waals surface area contributed by atoms with E-state index in [1.165, 1.54) is 34.4 Å². The molecule has 0 fully saturated rings. The molecule has 7 heteroatoms. The molecule has 0 aliphatic heterocycles. The smallest absolute Gasteiger partial charge is 0.263 e. The van der Waals surface area contributed by atoms with Crippen molar-refractivity contribution in [2.24, 2.45) is 0 Å². The molecule has 5 nitrogen and oxygen atoms in total. The molecule has 0 aliphatic carbocycles. The van der Waals surface area contributed by atoms with Gasteiger partial charge in [-0.2, -0.15) is 0 Å². The zero-order valence-corrected chi connectivity index (χ0v) is 18.5. The number of anilines is 1. The molecule has 0 bridgehead atoms. The lowest BCUT2D eigenvalue weighted by molar-refractivity contribution is -0.118. The summed E-state index contributed by atoms with van der Waals surface area (Å²) in [5.74, 6) is -0.640. The van der Waals surface area contributed by atoms with Crippen LogP contribution in [0.5, 0.6) is 0 Å². The zero-order chi connectivity index (χ0) is 22.3. The van der Waals surface area contributed by atoms with Gasteiger partial charge in [-0.05, 0) is 57.0 Å². The molecule has 2 aromatic heterocycles. The number of nitrogens with zero attached hydrogens (tertiary/aromatic N) is 2. The monoisotopic (exact) mass is 435 g/mol. The summed E-state index contributed by atoms with van der Waals surface area (Å²) in [4.78, 5) is 32.2. The summed E-state index contributed by atoms with van der Waals surface area (Å²) in [5.41, 5.74) is 3.95. The molecular weight excluding hydrogens is 413 g/mol. The second-order valence-electron chi connectivity index (χ2n) is 7.66. The highest BCUT2D eigenvalue weighted by molar-refractivity contribution is 7.19. The fourth-order valence-electron chi connectivity index (χ4n) is 3.67. The van der Waals surface area contributed by atoms with Crippen LogP contribution in [0.4, 0.5) is 10.1 Å². The van der Waals surface area contributed by atoms with Gasteiger partial charge in [0.15, 0.2) is 0 Å². The van der Waals surface area contributed by atoms with Crippen molar-refractivity contribution in [2.45, 2.75) is 33.7 Å². The molecule has 158 valence electrons. The van der Waals surface area contributed by atoms with Crippen LogP contribution >= 0.6 is 11.3 Å². The SMILES string of the molecule is Cc1ccc(NC(=O)C(C)n2cnc3sc(C)c(-c4ccc(F)cc4)c3c2=O)c(C)c1. The van der Waals surface area contributed by atoms with E-state index in [1.54, 1.807) is 19.1 Å². The summed E-state index contributed by atoms with van der Waals surface area (Å²) < 4.78 is 14.7. The van der Waals surface area contributed by atoms with Gasteiger partial charge in [0, 0.05) is 16.1 Å². The van der Waals surface area contributed by atoms with Gasteiger partial charge >= 0.3 is 0 Å². The van der Waals surface area contributed by atoms with E-state index in [4.69, 9.17) is 0 Å². The van der Waals surface area contributed by atoms with Crippen molar-refractivity contribution in [1.29, 1.82) is 0 Å². The van der Waals surface area contributed by atoms with Crippen LogP contribution in [0.1, 0.15) is 29.0 Å². The fourth-order valence-corrected chi connectivity index (χ4v) is 4.68. The second-order valence-corrected chi connectivity index (χ2v) is 8.86. The third-order valence-corrected chi connectivity index (χ3v) is 6.40. The number of amides is 1. The minimum Gasteiger partial charge on any atom is -0.324 e. The summed E-state index contributed by atoms with van der Waals surface area (Å²) in [6.45, 7) is 7.50. The van der Waals surface area contributed by atoms with Gasteiger partial charge in [0.1, 0.15) is 16.7 Å². The first-order chi connectivity index (χ1) is 14.8. The van der Waals surface area contributed by atoms with Gasteiger partial charge in [0.05, 0.1) is 11.7 Å². The van der Waals surface area contributed by atoms with Crippen molar-refractivity contribution in [3.05, 3.63) is 81.0 Å². The first-order valence-electron chi connectivity index (χ1n) is 9.90. The second kappa shape index (κ2) is 8.07. The van der Waals surface area contributed by atoms with Crippen molar-refractivity contribution in [3.63, 3.8) is 0 Å². The summed E-state index contributed by atoms with van der Waals surface area (Å²) in [6.07, 6.45) is 1.42. The Labute approximate surface area is 183 Å². The van der Waals surface area contributed by atoms with Crippen LogP contribution in [-0.4, -0.2) is 15.5 Å². The summed E-state index contributed by atoms with van der Waals surface area (Å²) in [6, 6.07) is 11.0. The number of carbonyl (C=O) groups excluding carboxylic acids is 1. The first kappa shape index (κ1) is 20.9. The van der Waals surface area contributed by atoms with Crippen molar-refractivity contribution in [2.75, 3.05) is 5.32 Å². The number of nitrogens with one attached hydrogen (secondary N) is 1. The Kier molecular flexibility index (Phi) is 5.45. The summed E-state index contributed by atoms with van der Waals surface area (Å²) in [7, 11) is 0. The number of carbonyl (C=O) groups is 1. The van der Waals surface area contributed by atoms with E-state index in [0.717, 1.165) is 27.1 Å². The number of benzene rings is 2. The maximum atomic E-state index is 13.4. The van der Waals surface area contributed by atoms with Gasteiger partial charge < -0.3 is 5.32 Å². The van der Waals surface area contributed by atoms with Crippen molar-refractivity contribution >= 4 is 33.1 Å². The fraction of sp³-hybridized carbons (Fsp3) is 0.208. The lowest BCUT2D eigenvalue weighted by atomic mass is 10.0. The van der Waals surface area contributed by atoms with Crippen LogP contribution < -0.4 is 10.9 Å². The van der Waals surface area contributed by atoms with E-state index in [9.17, 15) is 14.0 Å². The van der Waals surface area contributed by atoms with E-state index >= 15 is 0 Å². The number of hydrogen-bond donors (Lipinski definition) is 1. The highest BCUT2D eigenvalue weighted by Crippen LogP contribution is 2.35. The van der Waals surface area contributed by atoms with Crippen molar-refractivity contribution in [3.8, 4) is 11.1 Å². The minimum atomic E-state index is -0.758. The molecule has 1 amide bonds. The topological polar surface area (TPSA) is 64.0 Å². The Morgan fingerprint density at radius 3 is 2.52 bits per heavy atom. The number of thiophene rings is 1. The molecule has 4 aromatic rings. The number of aromatic nitrogens is 2. The van der Waals surface area contributed by atoms with Gasteiger partial charge in [-0.1, -0.05) is 29.8 Å². The Morgan fingerprint density at radius 2 is 1.84 bits per heavy atom. The van der Waals surface area contributed by atoms with Crippen LogP contribution in [0.3, 0.4) is 0 Å². The molecule has 1 atom stereocenters. The Bertz CT molecular complexity index is 1360. The molecule has 31 heavy (non-hydrogen) atoms. The third-order valence-electron chi connectivity index (χ3n) is 5.38. The quantitative estimate of drug-likeness (QED) is 0.467. The molecule has 0 saturated carbocycles. The molecule has 0 saturated heterocycles. The Balaban J connectivity index is 1.75.